The van der Waals surface area contributed by atoms with Gasteiger partial charge in [-0.2, -0.15) is 0 Å². The highest BCUT2D eigenvalue weighted by Gasteiger charge is 2.34. The van der Waals surface area contributed by atoms with Crippen molar-refractivity contribution >= 4 is 11.9 Å². The van der Waals surface area contributed by atoms with E-state index in [1.807, 2.05) is 31.2 Å². The topological polar surface area (TPSA) is 79.3 Å². The van der Waals surface area contributed by atoms with E-state index >= 15 is 0 Å². The van der Waals surface area contributed by atoms with Crippen molar-refractivity contribution in [1.82, 2.24) is 10.3 Å². The lowest BCUT2D eigenvalue weighted by atomic mass is 9.82. The van der Waals surface area contributed by atoms with Crippen molar-refractivity contribution in [1.29, 1.82) is 0 Å². The van der Waals surface area contributed by atoms with E-state index in [0.29, 0.717) is 12.8 Å². The van der Waals surface area contributed by atoms with E-state index in [9.17, 15) is 14.7 Å². The highest BCUT2D eigenvalue weighted by molar-refractivity contribution is 5.85. The molecule has 0 saturated carbocycles. The Labute approximate surface area is 117 Å². The van der Waals surface area contributed by atoms with Crippen LogP contribution in [0.2, 0.25) is 0 Å². The van der Waals surface area contributed by atoms with Crippen LogP contribution in [0.5, 0.6) is 0 Å². The fourth-order valence-electron chi connectivity index (χ4n) is 2.43. The smallest absolute Gasteiger partial charge is 0.307 e. The van der Waals surface area contributed by atoms with Crippen molar-refractivity contribution in [3.05, 3.63) is 42.2 Å². The van der Waals surface area contributed by atoms with Crippen LogP contribution < -0.4 is 5.32 Å². The number of nitrogens with one attached hydrogen (secondary N) is 1. The molecule has 1 heterocycles. The molecule has 3 atom stereocenters. The third-order valence-electron chi connectivity index (χ3n) is 3.65. The summed E-state index contributed by atoms with van der Waals surface area (Å²) in [5.41, 5.74) is 0.951. The molecule has 2 rings (SSSR count). The van der Waals surface area contributed by atoms with Crippen LogP contribution in [0.3, 0.4) is 0 Å². The molecule has 0 saturated heterocycles. The van der Waals surface area contributed by atoms with Gasteiger partial charge in [-0.05, 0) is 37.5 Å². The van der Waals surface area contributed by atoms with Crippen molar-refractivity contribution in [2.45, 2.75) is 25.8 Å². The number of carbonyl (C=O) groups is 2. The van der Waals surface area contributed by atoms with Crippen molar-refractivity contribution in [3.63, 3.8) is 0 Å². The van der Waals surface area contributed by atoms with Crippen LogP contribution in [0.1, 0.15) is 31.4 Å². The van der Waals surface area contributed by atoms with Crippen molar-refractivity contribution in [2.24, 2.45) is 11.8 Å². The summed E-state index contributed by atoms with van der Waals surface area (Å²) in [5.74, 6) is -2.25. The third kappa shape index (κ3) is 3.23. The molecule has 1 amide bonds. The number of rotatable bonds is 4. The largest absolute Gasteiger partial charge is 0.481 e. The molecule has 1 aliphatic carbocycles. The van der Waals surface area contributed by atoms with Gasteiger partial charge in [-0.3, -0.25) is 14.6 Å². The molecule has 0 aromatic carbocycles. The minimum absolute atomic E-state index is 0.161. The highest BCUT2D eigenvalue weighted by atomic mass is 16.4. The summed E-state index contributed by atoms with van der Waals surface area (Å²) >= 11 is 0. The number of nitrogens with zero attached hydrogens (tertiary/aromatic N) is 1. The molecule has 2 N–H and O–H groups in total. The number of allylic oxidation sites excluding steroid dienone is 2. The average molecular weight is 274 g/mol. The number of hydrogen-bond acceptors (Lipinski definition) is 3. The molecule has 0 spiro atoms. The second-order valence-corrected chi connectivity index (χ2v) is 5.00. The second-order valence-electron chi connectivity index (χ2n) is 5.00. The van der Waals surface area contributed by atoms with E-state index < -0.39 is 17.8 Å². The van der Waals surface area contributed by atoms with Gasteiger partial charge in [0, 0.05) is 12.4 Å². The number of aromatic nitrogens is 1. The molecule has 0 bridgehead atoms. The predicted octanol–water partition coefficient (Wildman–Crippen LogP) is 1.93. The lowest BCUT2D eigenvalue weighted by molar-refractivity contribution is -0.147. The Hall–Kier alpha value is -2.17. The zero-order valence-electron chi connectivity index (χ0n) is 11.3. The molecule has 1 aromatic rings. The summed E-state index contributed by atoms with van der Waals surface area (Å²) < 4.78 is 0. The van der Waals surface area contributed by atoms with Crippen molar-refractivity contribution in [3.8, 4) is 0 Å². The summed E-state index contributed by atoms with van der Waals surface area (Å²) in [4.78, 5) is 27.4. The fraction of sp³-hybridized carbons (Fsp3) is 0.400. The molecule has 20 heavy (non-hydrogen) atoms. The van der Waals surface area contributed by atoms with Crippen molar-refractivity contribution in [2.75, 3.05) is 0 Å². The average Bonchev–Trinajstić information content (AvgIpc) is 2.48. The number of pyridine rings is 1. The van der Waals surface area contributed by atoms with E-state index in [-0.39, 0.29) is 11.9 Å². The van der Waals surface area contributed by atoms with E-state index in [1.54, 1.807) is 12.4 Å². The number of carbonyl (C=O) groups excluding carboxylic acids is 1. The molecule has 5 heteroatoms. The minimum atomic E-state index is -0.911. The van der Waals surface area contributed by atoms with Crippen LogP contribution in [0, 0.1) is 11.8 Å². The molecular formula is C15H18N2O3. The number of amides is 1. The summed E-state index contributed by atoms with van der Waals surface area (Å²) in [5, 5.41) is 12.1. The molecule has 1 aliphatic rings. The Balaban J connectivity index is 2.04. The minimum Gasteiger partial charge on any atom is -0.481 e. The zero-order chi connectivity index (χ0) is 14.5. The summed E-state index contributed by atoms with van der Waals surface area (Å²) in [6.07, 6.45) is 7.93. The zero-order valence-corrected chi connectivity index (χ0v) is 11.3. The molecule has 3 unspecified atom stereocenters. The summed E-state index contributed by atoms with van der Waals surface area (Å²) in [7, 11) is 0. The number of carboxylic acid groups (broad SMARTS) is 1. The first-order valence-corrected chi connectivity index (χ1v) is 6.67. The van der Waals surface area contributed by atoms with Gasteiger partial charge in [0.05, 0.1) is 17.9 Å². The normalized spacial score (nSPS) is 23.1. The van der Waals surface area contributed by atoms with E-state index in [0.717, 1.165) is 5.56 Å². The van der Waals surface area contributed by atoms with Gasteiger partial charge in [0.2, 0.25) is 5.91 Å². The van der Waals surface area contributed by atoms with Crippen molar-refractivity contribution < 1.29 is 14.7 Å². The van der Waals surface area contributed by atoms with E-state index in [4.69, 9.17) is 0 Å². The van der Waals surface area contributed by atoms with Gasteiger partial charge < -0.3 is 10.4 Å². The van der Waals surface area contributed by atoms with E-state index in [2.05, 4.69) is 10.3 Å². The van der Waals surface area contributed by atoms with Gasteiger partial charge >= 0.3 is 5.97 Å². The maximum Gasteiger partial charge on any atom is 0.307 e. The predicted molar refractivity (Wildman–Crippen MR) is 73.8 cm³/mol. The second kappa shape index (κ2) is 6.32. The van der Waals surface area contributed by atoms with Crippen LogP contribution in [0.25, 0.3) is 0 Å². The van der Waals surface area contributed by atoms with Crippen LogP contribution in [-0.2, 0) is 9.59 Å². The third-order valence-corrected chi connectivity index (χ3v) is 3.65. The number of aliphatic carboxylic acids is 1. The maximum atomic E-state index is 12.3. The SMILES string of the molecule is CC(NC(=O)C1CC=CCC1C(=O)O)c1ccncc1. The lowest BCUT2D eigenvalue weighted by Gasteiger charge is -2.26. The first kappa shape index (κ1) is 14.2. The van der Waals surface area contributed by atoms with Gasteiger partial charge in [-0.25, -0.2) is 0 Å². The number of carboxylic acids is 1. The Morgan fingerprint density at radius 3 is 2.45 bits per heavy atom. The van der Waals surface area contributed by atoms with Crippen LogP contribution in [0.4, 0.5) is 0 Å². The van der Waals surface area contributed by atoms with Crippen LogP contribution >= 0.6 is 0 Å². The van der Waals surface area contributed by atoms with E-state index in [1.165, 1.54) is 0 Å². The quantitative estimate of drug-likeness (QED) is 0.822. The Kier molecular flexibility index (Phi) is 4.50. The first-order chi connectivity index (χ1) is 9.59. The monoisotopic (exact) mass is 274 g/mol. The van der Waals surface area contributed by atoms with Crippen LogP contribution in [-0.4, -0.2) is 22.0 Å². The number of hydrogen-bond donors (Lipinski definition) is 2. The Bertz CT molecular complexity index is 513. The molecule has 5 nitrogen and oxygen atoms in total. The molecule has 1 aromatic heterocycles. The Morgan fingerprint density at radius 1 is 1.25 bits per heavy atom. The Morgan fingerprint density at radius 2 is 1.85 bits per heavy atom. The van der Waals surface area contributed by atoms with Gasteiger partial charge in [0.15, 0.2) is 0 Å². The first-order valence-electron chi connectivity index (χ1n) is 6.67. The van der Waals surface area contributed by atoms with Gasteiger partial charge in [-0.1, -0.05) is 12.2 Å². The summed E-state index contributed by atoms with van der Waals surface area (Å²) in [6.45, 7) is 1.88. The maximum absolute atomic E-state index is 12.3. The molecular weight excluding hydrogens is 256 g/mol. The lowest BCUT2D eigenvalue weighted by Crippen LogP contribution is -2.39. The van der Waals surface area contributed by atoms with Gasteiger partial charge in [0.25, 0.3) is 0 Å². The van der Waals surface area contributed by atoms with Gasteiger partial charge in [-0.15, -0.1) is 0 Å². The molecule has 0 aliphatic heterocycles. The van der Waals surface area contributed by atoms with Gasteiger partial charge in [0.1, 0.15) is 0 Å². The molecule has 106 valence electrons. The fourth-order valence-corrected chi connectivity index (χ4v) is 2.43. The molecule has 0 fully saturated rings. The standard InChI is InChI=1S/C15H18N2O3/c1-10(11-6-8-16-9-7-11)17-14(18)12-4-2-3-5-13(12)15(19)20/h2-3,6-10,12-13H,4-5H2,1H3,(H,17,18)(H,19,20). The molecule has 0 radical (unpaired) electrons. The highest BCUT2D eigenvalue weighted by Crippen LogP contribution is 2.26. The van der Waals surface area contributed by atoms with Crippen LogP contribution in [0.15, 0.2) is 36.7 Å². The summed E-state index contributed by atoms with van der Waals surface area (Å²) in [6, 6.07) is 3.51.